The van der Waals surface area contributed by atoms with Gasteiger partial charge in [0.1, 0.15) is 0 Å². The predicted molar refractivity (Wildman–Crippen MR) is 62.6 cm³/mol. The summed E-state index contributed by atoms with van der Waals surface area (Å²) in [6.45, 7) is 12.9. The van der Waals surface area contributed by atoms with Crippen LogP contribution in [-0.4, -0.2) is 37.1 Å². The number of likely N-dealkylation sites (N-methyl/N-ethyl adjacent to an activating group) is 1. The second-order valence-electron chi connectivity index (χ2n) is 4.22. The van der Waals surface area contributed by atoms with E-state index in [1.54, 1.807) is 0 Å². The van der Waals surface area contributed by atoms with Gasteiger partial charge in [-0.3, -0.25) is 4.90 Å². The molecule has 0 aromatic carbocycles. The van der Waals surface area contributed by atoms with Crippen molar-refractivity contribution < 1.29 is 0 Å². The minimum atomic E-state index is 0.864. The minimum absolute atomic E-state index is 0.864. The molecule has 0 unspecified atom stereocenters. The Hall–Kier alpha value is -0.340. The fourth-order valence-corrected chi connectivity index (χ4v) is 1.72. The van der Waals surface area contributed by atoms with E-state index in [0.717, 1.165) is 32.2 Å². The first kappa shape index (κ1) is 11.7. The Labute approximate surface area is 88.4 Å². The van der Waals surface area contributed by atoms with Gasteiger partial charge in [0.05, 0.1) is 0 Å². The summed E-state index contributed by atoms with van der Waals surface area (Å²) in [5, 5.41) is 3.40. The molecule has 82 valence electrons. The molecule has 0 aliphatic heterocycles. The Morgan fingerprint density at radius 2 is 2.14 bits per heavy atom. The zero-order valence-corrected chi connectivity index (χ0v) is 9.68. The quantitative estimate of drug-likeness (QED) is 0.472. The number of hydrogen-bond donors (Lipinski definition) is 1. The van der Waals surface area contributed by atoms with E-state index in [2.05, 4.69) is 30.6 Å². The first-order valence-electron chi connectivity index (χ1n) is 5.89. The van der Waals surface area contributed by atoms with Crippen molar-refractivity contribution in [2.75, 3.05) is 26.2 Å². The van der Waals surface area contributed by atoms with Gasteiger partial charge in [-0.25, -0.2) is 0 Å². The van der Waals surface area contributed by atoms with Crippen LogP contribution in [0.4, 0.5) is 0 Å². The van der Waals surface area contributed by atoms with E-state index in [1.165, 1.54) is 24.8 Å². The lowest BCUT2D eigenvalue weighted by atomic mass is 10.2. The van der Waals surface area contributed by atoms with Gasteiger partial charge in [0.25, 0.3) is 0 Å². The van der Waals surface area contributed by atoms with Gasteiger partial charge in [-0.2, -0.15) is 0 Å². The van der Waals surface area contributed by atoms with E-state index in [1.807, 2.05) is 0 Å². The first-order valence-corrected chi connectivity index (χ1v) is 5.89. The van der Waals surface area contributed by atoms with Crippen LogP contribution in [0.3, 0.4) is 0 Å². The average molecular weight is 196 g/mol. The van der Waals surface area contributed by atoms with Crippen LogP contribution in [-0.2, 0) is 0 Å². The molecule has 2 heteroatoms. The smallest absolute Gasteiger partial charge is 0.0205 e. The van der Waals surface area contributed by atoms with Crippen LogP contribution in [0.2, 0.25) is 0 Å². The molecule has 1 fully saturated rings. The minimum Gasteiger partial charge on any atom is -0.313 e. The summed E-state index contributed by atoms with van der Waals surface area (Å²) >= 11 is 0. The molecule has 0 aromatic rings. The van der Waals surface area contributed by atoms with E-state index >= 15 is 0 Å². The summed E-state index contributed by atoms with van der Waals surface area (Å²) in [4.78, 5) is 2.54. The van der Waals surface area contributed by atoms with Crippen LogP contribution < -0.4 is 5.32 Å². The van der Waals surface area contributed by atoms with Crippen molar-refractivity contribution in [2.24, 2.45) is 0 Å². The molecule has 2 nitrogen and oxygen atoms in total. The fourth-order valence-electron chi connectivity index (χ4n) is 1.72. The molecule has 1 aliphatic rings. The highest BCUT2D eigenvalue weighted by Crippen LogP contribution is 2.26. The third-order valence-electron chi connectivity index (χ3n) is 2.70. The van der Waals surface area contributed by atoms with Crippen molar-refractivity contribution >= 4 is 0 Å². The second-order valence-corrected chi connectivity index (χ2v) is 4.22. The molecule has 0 bridgehead atoms. The Bertz CT molecular complexity index is 173. The molecule has 0 atom stereocenters. The SMILES string of the molecule is C=C(CNCCC)CN(CC)C1CC1. The van der Waals surface area contributed by atoms with Crippen molar-refractivity contribution in [1.29, 1.82) is 0 Å². The lowest BCUT2D eigenvalue weighted by Crippen LogP contribution is -2.31. The summed E-state index contributed by atoms with van der Waals surface area (Å²) in [6, 6.07) is 0.864. The van der Waals surface area contributed by atoms with E-state index in [-0.39, 0.29) is 0 Å². The summed E-state index contributed by atoms with van der Waals surface area (Å²) in [7, 11) is 0. The molecule has 1 rings (SSSR count). The van der Waals surface area contributed by atoms with E-state index in [4.69, 9.17) is 0 Å². The maximum Gasteiger partial charge on any atom is 0.0205 e. The monoisotopic (exact) mass is 196 g/mol. The summed E-state index contributed by atoms with van der Waals surface area (Å²) in [5.41, 5.74) is 1.33. The molecular weight excluding hydrogens is 172 g/mol. The highest BCUT2D eigenvalue weighted by atomic mass is 15.2. The molecule has 0 spiro atoms. The Kier molecular flexibility index (Phi) is 5.20. The molecule has 14 heavy (non-hydrogen) atoms. The van der Waals surface area contributed by atoms with Crippen LogP contribution in [0.5, 0.6) is 0 Å². The fraction of sp³-hybridized carbons (Fsp3) is 0.833. The van der Waals surface area contributed by atoms with Crippen LogP contribution in [0, 0.1) is 0 Å². The predicted octanol–water partition coefficient (Wildman–Crippen LogP) is 2.03. The first-order chi connectivity index (χ1) is 6.77. The molecule has 0 radical (unpaired) electrons. The molecule has 1 saturated carbocycles. The van der Waals surface area contributed by atoms with E-state index in [0.29, 0.717) is 0 Å². The van der Waals surface area contributed by atoms with Crippen molar-refractivity contribution in [3.8, 4) is 0 Å². The topological polar surface area (TPSA) is 15.3 Å². The summed E-state index contributed by atoms with van der Waals surface area (Å²) in [6.07, 6.45) is 3.99. The Balaban J connectivity index is 2.11. The van der Waals surface area contributed by atoms with E-state index in [9.17, 15) is 0 Å². The normalized spacial score (nSPS) is 16.2. The molecule has 0 heterocycles. The summed E-state index contributed by atoms with van der Waals surface area (Å²) in [5.74, 6) is 0. The van der Waals surface area contributed by atoms with Gasteiger partial charge in [0.15, 0.2) is 0 Å². The zero-order chi connectivity index (χ0) is 10.4. The Morgan fingerprint density at radius 3 is 2.64 bits per heavy atom. The second kappa shape index (κ2) is 6.20. The van der Waals surface area contributed by atoms with Gasteiger partial charge in [0.2, 0.25) is 0 Å². The van der Waals surface area contributed by atoms with Crippen molar-refractivity contribution in [3.63, 3.8) is 0 Å². The van der Waals surface area contributed by atoms with Crippen molar-refractivity contribution in [2.45, 2.75) is 39.2 Å². The van der Waals surface area contributed by atoms with Crippen LogP contribution in [0.1, 0.15) is 33.1 Å². The van der Waals surface area contributed by atoms with Gasteiger partial charge >= 0.3 is 0 Å². The van der Waals surface area contributed by atoms with Gasteiger partial charge in [-0.15, -0.1) is 0 Å². The standard InChI is InChI=1S/C12H24N2/c1-4-8-13-9-11(3)10-14(5-2)12-6-7-12/h12-13H,3-10H2,1-2H3. The largest absolute Gasteiger partial charge is 0.313 e. The maximum absolute atomic E-state index is 4.12. The van der Waals surface area contributed by atoms with Gasteiger partial charge in [0, 0.05) is 19.1 Å². The molecule has 0 aromatic heterocycles. The number of hydrogen-bond acceptors (Lipinski definition) is 2. The third kappa shape index (κ3) is 4.25. The molecule has 0 saturated heterocycles. The van der Waals surface area contributed by atoms with Crippen molar-refractivity contribution in [3.05, 3.63) is 12.2 Å². The van der Waals surface area contributed by atoms with Crippen LogP contribution in [0.15, 0.2) is 12.2 Å². The average Bonchev–Trinajstić information content (AvgIpc) is 2.98. The Morgan fingerprint density at radius 1 is 1.43 bits per heavy atom. The number of rotatable bonds is 8. The van der Waals surface area contributed by atoms with Gasteiger partial charge in [-0.05, 0) is 37.9 Å². The lowest BCUT2D eigenvalue weighted by molar-refractivity contribution is 0.300. The highest BCUT2D eigenvalue weighted by Gasteiger charge is 2.27. The number of nitrogens with zero attached hydrogens (tertiary/aromatic N) is 1. The molecule has 1 N–H and O–H groups in total. The molecule has 1 aliphatic carbocycles. The maximum atomic E-state index is 4.12. The third-order valence-corrected chi connectivity index (χ3v) is 2.70. The molecular formula is C12H24N2. The highest BCUT2D eigenvalue weighted by molar-refractivity contribution is 5.02. The van der Waals surface area contributed by atoms with Gasteiger partial charge < -0.3 is 5.32 Å². The van der Waals surface area contributed by atoms with Crippen LogP contribution in [0.25, 0.3) is 0 Å². The van der Waals surface area contributed by atoms with Crippen LogP contribution >= 0.6 is 0 Å². The zero-order valence-electron chi connectivity index (χ0n) is 9.68. The summed E-state index contributed by atoms with van der Waals surface area (Å²) < 4.78 is 0. The number of nitrogens with one attached hydrogen (secondary N) is 1. The molecule has 0 amide bonds. The lowest BCUT2D eigenvalue weighted by Gasteiger charge is -2.21. The van der Waals surface area contributed by atoms with Crippen molar-refractivity contribution in [1.82, 2.24) is 10.2 Å². The van der Waals surface area contributed by atoms with Gasteiger partial charge in [-0.1, -0.05) is 20.4 Å². The van der Waals surface area contributed by atoms with E-state index < -0.39 is 0 Å².